The molecule has 0 aromatic rings. The number of hydrogen-bond acceptors (Lipinski definition) is 2. The van der Waals surface area contributed by atoms with E-state index >= 15 is 0 Å². The Morgan fingerprint density at radius 1 is 1.36 bits per heavy atom. The molecule has 0 unspecified atom stereocenters. The van der Waals surface area contributed by atoms with E-state index in [9.17, 15) is 9.59 Å². The van der Waals surface area contributed by atoms with E-state index in [4.69, 9.17) is 5.11 Å². The minimum Gasteiger partial charge on any atom is -0.481 e. The van der Waals surface area contributed by atoms with E-state index in [0.29, 0.717) is 0 Å². The van der Waals surface area contributed by atoms with E-state index in [1.807, 2.05) is 13.8 Å². The maximum absolute atomic E-state index is 11.8. The Labute approximate surface area is 84.9 Å². The minimum atomic E-state index is -0.944. The summed E-state index contributed by atoms with van der Waals surface area (Å²) in [5.74, 6) is -1.07. The van der Waals surface area contributed by atoms with Crippen molar-refractivity contribution in [2.75, 3.05) is 7.05 Å². The van der Waals surface area contributed by atoms with Gasteiger partial charge in [-0.25, -0.2) is 0 Å². The van der Waals surface area contributed by atoms with Crippen molar-refractivity contribution in [1.82, 2.24) is 4.90 Å². The lowest BCUT2D eigenvalue weighted by molar-refractivity contribution is -0.149. The first-order valence-electron chi connectivity index (χ1n) is 4.67. The average Bonchev–Trinajstić information content (AvgIpc) is 1.99. The summed E-state index contributed by atoms with van der Waals surface area (Å²) in [5, 5.41) is 8.65. The van der Waals surface area contributed by atoms with Gasteiger partial charge in [0.1, 0.15) is 0 Å². The molecule has 4 heteroatoms. The monoisotopic (exact) mass is 201 g/mol. The van der Waals surface area contributed by atoms with E-state index in [-0.39, 0.29) is 18.4 Å². The summed E-state index contributed by atoms with van der Waals surface area (Å²) >= 11 is 0. The van der Waals surface area contributed by atoms with Crippen LogP contribution in [0.5, 0.6) is 0 Å². The van der Waals surface area contributed by atoms with Crippen molar-refractivity contribution in [1.29, 1.82) is 0 Å². The predicted octanol–water partition coefficient (Wildman–Crippen LogP) is 1.35. The number of amides is 1. The molecule has 0 heterocycles. The lowest BCUT2D eigenvalue weighted by Gasteiger charge is -2.30. The van der Waals surface area contributed by atoms with Crippen LogP contribution in [0, 0.1) is 5.41 Å². The van der Waals surface area contributed by atoms with Gasteiger partial charge in [-0.1, -0.05) is 13.8 Å². The Kier molecular flexibility index (Phi) is 4.10. The van der Waals surface area contributed by atoms with Gasteiger partial charge in [0.2, 0.25) is 5.91 Å². The molecule has 4 nitrogen and oxygen atoms in total. The number of aliphatic carboxylic acids is 1. The molecule has 0 fully saturated rings. The van der Waals surface area contributed by atoms with Gasteiger partial charge in [0, 0.05) is 13.1 Å². The number of nitrogens with zero attached hydrogens (tertiary/aromatic N) is 1. The molecule has 0 aromatic heterocycles. The van der Waals surface area contributed by atoms with Gasteiger partial charge in [-0.2, -0.15) is 0 Å². The van der Waals surface area contributed by atoms with Crippen molar-refractivity contribution in [2.24, 2.45) is 5.41 Å². The van der Waals surface area contributed by atoms with Gasteiger partial charge in [-0.15, -0.1) is 0 Å². The fraction of sp³-hybridized carbons (Fsp3) is 0.800. The summed E-state index contributed by atoms with van der Waals surface area (Å²) in [4.78, 5) is 23.9. The first-order chi connectivity index (χ1) is 6.18. The third-order valence-electron chi connectivity index (χ3n) is 2.27. The van der Waals surface area contributed by atoms with Crippen LogP contribution in [0.25, 0.3) is 0 Å². The highest BCUT2D eigenvalue weighted by Gasteiger charge is 2.33. The molecule has 0 radical (unpaired) electrons. The van der Waals surface area contributed by atoms with Crippen molar-refractivity contribution >= 4 is 11.9 Å². The molecule has 0 aromatic carbocycles. The predicted molar refractivity (Wildman–Crippen MR) is 53.9 cm³/mol. The third-order valence-corrected chi connectivity index (χ3v) is 2.27. The maximum Gasteiger partial charge on any atom is 0.304 e. The first kappa shape index (κ1) is 12.9. The number of hydrogen-bond donors (Lipinski definition) is 1. The van der Waals surface area contributed by atoms with Gasteiger partial charge in [0.15, 0.2) is 0 Å². The maximum atomic E-state index is 11.8. The highest BCUT2D eigenvalue weighted by atomic mass is 16.4. The summed E-state index contributed by atoms with van der Waals surface area (Å²) in [5.41, 5.74) is -0.829. The van der Waals surface area contributed by atoms with Gasteiger partial charge < -0.3 is 10.0 Å². The molecule has 14 heavy (non-hydrogen) atoms. The molecule has 0 spiro atoms. The zero-order valence-corrected chi connectivity index (χ0v) is 9.50. The Balaban J connectivity index is 4.57. The van der Waals surface area contributed by atoms with Crippen molar-refractivity contribution in [2.45, 2.75) is 40.2 Å². The summed E-state index contributed by atoms with van der Waals surface area (Å²) in [6.45, 7) is 7.11. The topological polar surface area (TPSA) is 57.6 Å². The molecule has 82 valence electrons. The van der Waals surface area contributed by atoms with Crippen LogP contribution in [-0.4, -0.2) is 35.0 Å². The van der Waals surface area contributed by atoms with E-state index in [1.165, 1.54) is 0 Å². The SMILES string of the molecule is CC(C)N(C)C(=O)C(C)(C)CC(=O)O. The van der Waals surface area contributed by atoms with Gasteiger partial charge in [0.05, 0.1) is 11.8 Å². The Morgan fingerprint density at radius 3 is 2.07 bits per heavy atom. The van der Waals surface area contributed by atoms with Crippen molar-refractivity contribution in [3.8, 4) is 0 Å². The fourth-order valence-electron chi connectivity index (χ4n) is 1.17. The number of carboxylic acids is 1. The first-order valence-corrected chi connectivity index (χ1v) is 4.67. The number of rotatable bonds is 4. The van der Waals surface area contributed by atoms with Crippen molar-refractivity contribution < 1.29 is 14.7 Å². The van der Waals surface area contributed by atoms with Crippen molar-refractivity contribution in [3.63, 3.8) is 0 Å². The zero-order valence-electron chi connectivity index (χ0n) is 9.50. The van der Waals surface area contributed by atoms with E-state index in [0.717, 1.165) is 0 Å². The normalized spacial score (nSPS) is 11.6. The highest BCUT2D eigenvalue weighted by molar-refractivity contribution is 5.86. The summed E-state index contributed by atoms with van der Waals surface area (Å²) in [7, 11) is 1.69. The number of carbonyl (C=O) groups excluding carboxylic acids is 1. The molecule has 0 aliphatic rings. The fourth-order valence-corrected chi connectivity index (χ4v) is 1.17. The highest BCUT2D eigenvalue weighted by Crippen LogP contribution is 2.23. The lowest BCUT2D eigenvalue weighted by atomic mass is 9.87. The Bertz CT molecular complexity index is 234. The molecule has 0 atom stereocenters. The second kappa shape index (κ2) is 4.44. The minimum absolute atomic E-state index is 0.0931. The molecule has 0 rings (SSSR count). The molecule has 0 saturated carbocycles. The quantitative estimate of drug-likeness (QED) is 0.747. The van der Waals surface area contributed by atoms with Gasteiger partial charge in [-0.05, 0) is 13.8 Å². The number of carbonyl (C=O) groups is 2. The van der Waals surface area contributed by atoms with E-state index < -0.39 is 11.4 Å². The molecule has 0 aliphatic heterocycles. The third kappa shape index (κ3) is 3.36. The standard InChI is InChI=1S/C10H19NO3/c1-7(2)11(5)9(14)10(3,4)6-8(12)13/h7H,6H2,1-5H3,(H,12,13). The van der Waals surface area contributed by atoms with Crippen LogP contribution < -0.4 is 0 Å². The molecule has 0 bridgehead atoms. The van der Waals surface area contributed by atoms with Gasteiger partial charge in [0.25, 0.3) is 0 Å². The lowest BCUT2D eigenvalue weighted by Crippen LogP contribution is -2.43. The van der Waals surface area contributed by atoms with Gasteiger partial charge >= 0.3 is 5.97 Å². The van der Waals surface area contributed by atoms with E-state index in [2.05, 4.69) is 0 Å². The second-order valence-electron chi connectivity index (χ2n) is 4.46. The van der Waals surface area contributed by atoms with Crippen LogP contribution in [0.1, 0.15) is 34.1 Å². The van der Waals surface area contributed by atoms with Crippen molar-refractivity contribution in [3.05, 3.63) is 0 Å². The molecule has 0 aliphatic carbocycles. The second-order valence-corrected chi connectivity index (χ2v) is 4.46. The Hall–Kier alpha value is -1.06. The van der Waals surface area contributed by atoms with Gasteiger partial charge in [-0.3, -0.25) is 9.59 Å². The molecular weight excluding hydrogens is 182 g/mol. The van der Waals surface area contributed by atoms with Crippen LogP contribution >= 0.6 is 0 Å². The summed E-state index contributed by atoms with van der Waals surface area (Å²) in [6, 6.07) is 0.0931. The summed E-state index contributed by atoms with van der Waals surface area (Å²) in [6.07, 6.45) is -0.136. The largest absolute Gasteiger partial charge is 0.481 e. The average molecular weight is 201 g/mol. The molecular formula is C10H19NO3. The van der Waals surface area contributed by atoms with Crippen LogP contribution in [0.15, 0.2) is 0 Å². The number of carboxylic acid groups (broad SMARTS) is 1. The van der Waals surface area contributed by atoms with Crippen LogP contribution in [0.4, 0.5) is 0 Å². The molecule has 1 amide bonds. The van der Waals surface area contributed by atoms with Crippen LogP contribution in [-0.2, 0) is 9.59 Å². The van der Waals surface area contributed by atoms with Crippen LogP contribution in [0.3, 0.4) is 0 Å². The van der Waals surface area contributed by atoms with Crippen LogP contribution in [0.2, 0.25) is 0 Å². The zero-order chi connectivity index (χ0) is 11.5. The smallest absolute Gasteiger partial charge is 0.304 e. The molecule has 1 N–H and O–H groups in total. The Morgan fingerprint density at radius 2 is 1.79 bits per heavy atom. The summed E-state index contributed by atoms with van der Waals surface area (Å²) < 4.78 is 0. The molecule has 0 saturated heterocycles. The van der Waals surface area contributed by atoms with E-state index in [1.54, 1.807) is 25.8 Å².